The third-order valence-corrected chi connectivity index (χ3v) is 7.27. The van der Waals surface area contributed by atoms with Gasteiger partial charge in [0.2, 0.25) is 11.0 Å². The highest BCUT2D eigenvalue weighted by atomic mass is 35.5. The van der Waals surface area contributed by atoms with Crippen molar-refractivity contribution in [3.8, 4) is 5.75 Å². The van der Waals surface area contributed by atoms with Crippen molar-refractivity contribution in [3.63, 3.8) is 0 Å². The molecule has 0 saturated carbocycles. The number of hydrogen-bond donors (Lipinski definition) is 0. The molecule has 0 N–H and O–H groups in total. The zero-order chi connectivity index (χ0) is 24.8. The van der Waals surface area contributed by atoms with E-state index in [9.17, 15) is 4.79 Å². The van der Waals surface area contributed by atoms with Crippen molar-refractivity contribution in [2.45, 2.75) is 32.7 Å². The lowest BCUT2D eigenvalue weighted by Crippen LogP contribution is -2.49. The minimum Gasteiger partial charge on any atom is -0.495 e. The van der Waals surface area contributed by atoms with E-state index in [2.05, 4.69) is 34.1 Å². The van der Waals surface area contributed by atoms with Crippen LogP contribution in [0.1, 0.15) is 31.7 Å². The molecule has 0 unspecified atom stereocenters. The molecule has 0 aliphatic carbocycles. The Labute approximate surface area is 216 Å². The van der Waals surface area contributed by atoms with Crippen molar-refractivity contribution in [2.75, 3.05) is 49.6 Å². The molecule has 1 fully saturated rings. The second kappa shape index (κ2) is 11.7. The van der Waals surface area contributed by atoms with E-state index < -0.39 is 0 Å². The number of hydrogen-bond acceptors (Lipinski definition) is 7. The Kier molecular flexibility index (Phi) is 8.46. The largest absolute Gasteiger partial charge is 0.495 e. The standard InChI is InChI=1S/C26H32ClN5O2S/c1-19(2)32(26-28-24(29-35-26)18-20-8-10-21(27)11-9-20)13-12-25(33)31-16-14-30(15-17-31)22-6-4-5-7-23(22)34-3/h4-11,19H,12-18H2,1-3H3. The number of methoxy groups -OCH3 is 1. The molecular weight excluding hydrogens is 482 g/mol. The maximum absolute atomic E-state index is 13.0. The fraction of sp³-hybridized carbons (Fsp3) is 0.423. The number of aromatic nitrogens is 2. The summed E-state index contributed by atoms with van der Waals surface area (Å²) in [5, 5.41) is 1.58. The number of anilines is 2. The molecule has 1 aromatic heterocycles. The summed E-state index contributed by atoms with van der Waals surface area (Å²) in [4.78, 5) is 24.2. The second-order valence-electron chi connectivity index (χ2n) is 8.87. The predicted octanol–water partition coefficient (Wildman–Crippen LogP) is 4.74. The summed E-state index contributed by atoms with van der Waals surface area (Å²) < 4.78 is 10.0. The monoisotopic (exact) mass is 513 g/mol. The van der Waals surface area contributed by atoms with Gasteiger partial charge in [-0.2, -0.15) is 4.37 Å². The summed E-state index contributed by atoms with van der Waals surface area (Å²) in [5.41, 5.74) is 2.20. The van der Waals surface area contributed by atoms with Crippen LogP contribution in [0.5, 0.6) is 5.75 Å². The van der Waals surface area contributed by atoms with Crippen molar-refractivity contribution in [1.82, 2.24) is 14.3 Å². The molecule has 1 aliphatic heterocycles. The van der Waals surface area contributed by atoms with Gasteiger partial charge in [0.15, 0.2) is 0 Å². The number of piperazine rings is 1. The SMILES string of the molecule is COc1ccccc1N1CCN(C(=O)CCN(c2nc(Cc3ccc(Cl)cc3)ns2)C(C)C)CC1. The highest BCUT2D eigenvalue weighted by Crippen LogP contribution is 2.28. The summed E-state index contributed by atoms with van der Waals surface area (Å²) in [6, 6.07) is 16.0. The number of carbonyl (C=O) groups is 1. The number of ether oxygens (including phenoxy) is 1. The number of benzene rings is 2. The van der Waals surface area contributed by atoms with Gasteiger partial charge in [0.1, 0.15) is 11.6 Å². The lowest BCUT2D eigenvalue weighted by molar-refractivity contribution is -0.131. The predicted molar refractivity (Wildman–Crippen MR) is 143 cm³/mol. The van der Waals surface area contributed by atoms with E-state index in [4.69, 9.17) is 21.3 Å². The van der Waals surface area contributed by atoms with Crippen LogP contribution in [-0.2, 0) is 11.2 Å². The van der Waals surface area contributed by atoms with Crippen molar-refractivity contribution in [3.05, 3.63) is 64.9 Å². The molecule has 186 valence electrons. The highest BCUT2D eigenvalue weighted by molar-refractivity contribution is 7.09. The second-order valence-corrected chi connectivity index (χ2v) is 10.0. The molecular formula is C26H32ClN5O2S. The number of rotatable bonds is 9. The third-order valence-electron chi connectivity index (χ3n) is 6.23. The van der Waals surface area contributed by atoms with E-state index in [1.807, 2.05) is 47.4 Å². The first kappa shape index (κ1) is 25.3. The van der Waals surface area contributed by atoms with Gasteiger partial charge in [-0.05, 0) is 43.7 Å². The highest BCUT2D eigenvalue weighted by Gasteiger charge is 2.24. The molecule has 0 radical (unpaired) electrons. The van der Waals surface area contributed by atoms with Gasteiger partial charge in [-0.3, -0.25) is 4.79 Å². The molecule has 2 heterocycles. The minimum atomic E-state index is 0.182. The third kappa shape index (κ3) is 6.44. The molecule has 2 aromatic carbocycles. The smallest absolute Gasteiger partial charge is 0.224 e. The van der Waals surface area contributed by atoms with Crippen LogP contribution < -0.4 is 14.5 Å². The van der Waals surface area contributed by atoms with E-state index in [0.29, 0.717) is 32.5 Å². The van der Waals surface area contributed by atoms with E-state index in [1.165, 1.54) is 11.5 Å². The van der Waals surface area contributed by atoms with Gasteiger partial charge in [0.25, 0.3) is 0 Å². The number of para-hydroxylation sites is 2. The van der Waals surface area contributed by atoms with Crippen LogP contribution in [0, 0.1) is 0 Å². The topological polar surface area (TPSA) is 61.8 Å². The zero-order valence-corrected chi connectivity index (χ0v) is 22.1. The molecule has 0 spiro atoms. The van der Waals surface area contributed by atoms with Crippen LogP contribution in [0.2, 0.25) is 5.02 Å². The Morgan fingerprint density at radius 3 is 2.51 bits per heavy atom. The van der Waals surface area contributed by atoms with Gasteiger partial charge in [-0.15, -0.1) is 0 Å². The Morgan fingerprint density at radius 1 is 1.11 bits per heavy atom. The zero-order valence-electron chi connectivity index (χ0n) is 20.5. The number of halogens is 1. The summed E-state index contributed by atoms with van der Waals surface area (Å²) in [6.45, 7) is 7.88. The van der Waals surface area contributed by atoms with E-state index in [-0.39, 0.29) is 11.9 Å². The van der Waals surface area contributed by atoms with Gasteiger partial charge >= 0.3 is 0 Å². The van der Waals surface area contributed by atoms with Crippen molar-refractivity contribution in [1.29, 1.82) is 0 Å². The van der Waals surface area contributed by atoms with Crippen LogP contribution in [0.3, 0.4) is 0 Å². The van der Waals surface area contributed by atoms with Gasteiger partial charge < -0.3 is 19.4 Å². The van der Waals surface area contributed by atoms with Crippen LogP contribution in [-0.4, -0.2) is 66.0 Å². The summed E-state index contributed by atoms with van der Waals surface area (Å²) >= 11 is 7.38. The molecule has 1 amide bonds. The first-order chi connectivity index (χ1) is 16.9. The van der Waals surface area contributed by atoms with E-state index in [0.717, 1.165) is 46.1 Å². The molecule has 1 saturated heterocycles. The molecule has 4 rings (SSSR count). The van der Waals surface area contributed by atoms with Gasteiger partial charge in [-0.25, -0.2) is 4.98 Å². The molecule has 0 bridgehead atoms. The summed E-state index contributed by atoms with van der Waals surface area (Å²) in [7, 11) is 1.69. The fourth-order valence-electron chi connectivity index (χ4n) is 4.25. The van der Waals surface area contributed by atoms with Crippen LogP contribution in [0.25, 0.3) is 0 Å². The Balaban J connectivity index is 1.31. The van der Waals surface area contributed by atoms with Crippen molar-refractivity contribution < 1.29 is 9.53 Å². The van der Waals surface area contributed by atoms with Gasteiger partial charge in [0, 0.05) is 68.2 Å². The van der Waals surface area contributed by atoms with Crippen molar-refractivity contribution in [2.24, 2.45) is 0 Å². The quantitative estimate of drug-likeness (QED) is 0.411. The molecule has 9 heteroatoms. The van der Waals surface area contributed by atoms with Crippen molar-refractivity contribution >= 4 is 39.9 Å². The Hall–Kier alpha value is -2.84. The fourth-order valence-corrected chi connectivity index (χ4v) is 5.23. The number of amides is 1. The Morgan fingerprint density at radius 2 is 1.83 bits per heavy atom. The molecule has 0 atom stereocenters. The Bertz CT molecular complexity index is 1110. The van der Waals surface area contributed by atoms with Crippen LogP contribution >= 0.6 is 23.1 Å². The maximum atomic E-state index is 13.0. The molecule has 7 nitrogen and oxygen atoms in total. The van der Waals surface area contributed by atoms with E-state index >= 15 is 0 Å². The van der Waals surface area contributed by atoms with Gasteiger partial charge in [-0.1, -0.05) is 35.9 Å². The lowest BCUT2D eigenvalue weighted by Gasteiger charge is -2.37. The minimum absolute atomic E-state index is 0.182. The summed E-state index contributed by atoms with van der Waals surface area (Å²) in [6.07, 6.45) is 1.12. The van der Waals surface area contributed by atoms with Crippen LogP contribution in [0.15, 0.2) is 48.5 Å². The number of carbonyl (C=O) groups excluding carboxylic acids is 1. The van der Waals surface area contributed by atoms with Gasteiger partial charge in [0.05, 0.1) is 12.8 Å². The van der Waals surface area contributed by atoms with Crippen LogP contribution in [0.4, 0.5) is 10.8 Å². The lowest BCUT2D eigenvalue weighted by atomic mass is 10.1. The number of nitrogens with zero attached hydrogens (tertiary/aromatic N) is 5. The maximum Gasteiger partial charge on any atom is 0.224 e. The first-order valence-electron chi connectivity index (χ1n) is 11.9. The van der Waals surface area contributed by atoms with E-state index in [1.54, 1.807) is 7.11 Å². The summed E-state index contributed by atoms with van der Waals surface area (Å²) in [5.74, 6) is 1.84. The average molecular weight is 514 g/mol. The average Bonchev–Trinajstić information content (AvgIpc) is 3.33. The molecule has 1 aliphatic rings. The molecule has 3 aromatic rings. The first-order valence-corrected chi connectivity index (χ1v) is 13.1. The normalized spacial score (nSPS) is 13.9. The molecule has 35 heavy (non-hydrogen) atoms.